The van der Waals surface area contributed by atoms with E-state index in [1.807, 2.05) is 54.7 Å². The van der Waals surface area contributed by atoms with Crippen LogP contribution in [0, 0.1) is 0 Å². The predicted molar refractivity (Wildman–Crippen MR) is 73.6 cm³/mol. The van der Waals surface area contributed by atoms with Crippen LogP contribution >= 0.6 is 0 Å². The molecule has 0 aliphatic carbocycles. The minimum absolute atomic E-state index is 0.0580. The van der Waals surface area contributed by atoms with Crippen molar-refractivity contribution in [1.29, 1.82) is 0 Å². The highest BCUT2D eigenvalue weighted by molar-refractivity contribution is 5.87. The average Bonchev–Trinajstić information content (AvgIpc) is 2.33. The Bertz CT molecular complexity index is 448. The Labute approximate surface area is 102 Å². The molecule has 0 radical (unpaired) electrons. The lowest BCUT2D eigenvalue weighted by molar-refractivity contribution is -0.112. The van der Waals surface area contributed by atoms with Gasteiger partial charge in [0.25, 0.3) is 0 Å². The molecule has 0 N–H and O–H groups in total. The Morgan fingerprint density at radius 3 is 2.12 bits per heavy atom. The highest BCUT2D eigenvalue weighted by Crippen LogP contribution is 2.00. The van der Waals surface area contributed by atoms with Crippen LogP contribution in [-0.2, 0) is 4.79 Å². The molecular formula is C16H16O. The molecule has 1 nitrogen and oxygen atoms in total. The molecule has 0 saturated carbocycles. The van der Waals surface area contributed by atoms with Gasteiger partial charge in [0.1, 0.15) is 0 Å². The summed E-state index contributed by atoms with van der Waals surface area (Å²) in [5.74, 6) is 0.0580. The molecule has 0 aromatic heterocycles. The number of allylic oxidation sites excluding steroid dienone is 7. The Balaban J connectivity index is 2.36. The molecule has 0 spiro atoms. The van der Waals surface area contributed by atoms with Crippen LogP contribution in [-0.4, -0.2) is 5.78 Å². The fraction of sp³-hybridized carbons (Fsp3) is 0.0625. The van der Waals surface area contributed by atoms with Gasteiger partial charge in [-0.2, -0.15) is 0 Å². The molecule has 0 saturated heterocycles. The number of benzene rings is 1. The van der Waals surface area contributed by atoms with E-state index in [2.05, 4.69) is 12.1 Å². The molecule has 1 aromatic rings. The van der Waals surface area contributed by atoms with Crippen LogP contribution in [0.3, 0.4) is 0 Å². The highest BCUT2D eigenvalue weighted by Gasteiger charge is 1.79. The summed E-state index contributed by atoms with van der Waals surface area (Å²) in [6.45, 7) is 1.53. The van der Waals surface area contributed by atoms with E-state index in [4.69, 9.17) is 0 Å². The quantitative estimate of drug-likeness (QED) is 0.546. The van der Waals surface area contributed by atoms with Crippen molar-refractivity contribution in [1.82, 2.24) is 0 Å². The van der Waals surface area contributed by atoms with E-state index in [0.29, 0.717) is 0 Å². The molecule has 0 bridgehead atoms. The summed E-state index contributed by atoms with van der Waals surface area (Å²) in [6.07, 6.45) is 14.9. The topological polar surface area (TPSA) is 17.1 Å². The zero-order chi connectivity index (χ0) is 12.3. The van der Waals surface area contributed by atoms with E-state index in [9.17, 15) is 4.79 Å². The highest BCUT2D eigenvalue weighted by atomic mass is 16.1. The molecule has 0 atom stereocenters. The Hall–Kier alpha value is -2.15. The second-order valence-electron chi connectivity index (χ2n) is 3.51. The molecular weight excluding hydrogens is 208 g/mol. The van der Waals surface area contributed by atoms with Crippen LogP contribution < -0.4 is 0 Å². The molecule has 0 unspecified atom stereocenters. The summed E-state index contributed by atoms with van der Waals surface area (Å²) in [4.78, 5) is 10.6. The standard InChI is InChI=1S/C16H16O/c1-15(17)11-7-4-2-3-5-8-12-16-13-9-6-10-14-16/h2-14H,1H3/b4-2+,5-3+,11-7+,12-8+. The maximum Gasteiger partial charge on any atom is 0.152 e. The fourth-order valence-electron chi connectivity index (χ4n) is 1.18. The molecule has 1 heteroatoms. The van der Waals surface area contributed by atoms with Gasteiger partial charge >= 0.3 is 0 Å². The summed E-state index contributed by atoms with van der Waals surface area (Å²) in [6, 6.07) is 10.1. The summed E-state index contributed by atoms with van der Waals surface area (Å²) in [7, 11) is 0. The molecule has 86 valence electrons. The third-order valence-corrected chi connectivity index (χ3v) is 1.97. The predicted octanol–water partition coefficient (Wildman–Crippen LogP) is 3.96. The van der Waals surface area contributed by atoms with Gasteiger partial charge in [0.05, 0.1) is 0 Å². The molecule has 0 heterocycles. The summed E-state index contributed by atoms with van der Waals surface area (Å²) < 4.78 is 0. The maximum atomic E-state index is 10.6. The zero-order valence-corrected chi connectivity index (χ0v) is 9.91. The summed E-state index contributed by atoms with van der Waals surface area (Å²) in [5, 5.41) is 0. The molecule has 0 amide bonds. The lowest BCUT2D eigenvalue weighted by Crippen LogP contribution is -1.77. The van der Waals surface area contributed by atoms with Gasteiger partial charge in [-0.05, 0) is 18.6 Å². The van der Waals surface area contributed by atoms with Crippen molar-refractivity contribution in [3.63, 3.8) is 0 Å². The largest absolute Gasteiger partial charge is 0.295 e. The van der Waals surface area contributed by atoms with E-state index in [0.717, 1.165) is 0 Å². The molecule has 1 aromatic carbocycles. The molecule has 0 aliphatic heterocycles. The third kappa shape index (κ3) is 6.85. The monoisotopic (exact) mass is 224 g/mol. The van der Waals surface area contributed by atoms with Crippen molar-refractivity contribution in [2.24, 2.45) is 0 Å². The van der Waals surface area contributed by atoms with Crippen LogP contribution in [0.4, 0.5) is 0 Å². The molecule has 1 rings (SSSR count). The number of ketones is 1. The first kappa shape index (κ1) is 12.9. The van der Waals surface area contributed by atoms with Crippen LogP contribution in [0.25, 0.3) is 6.08 Å². The summed E-state index contributed by atoms with van der Waals surface area (Å²) in [5.41, 5.74) is 1.18. The Morgan fingerprint density at radius 1 is 0.882 bits per heavy atom. The van der Waals surface area contributed by atoms with Gasteiger partial charge in [-0.15, -0.1) is 0 Å². The van der Waals surface area contributed by atoms with E-state index in [-0.39, 0.29) is 5.78 Å². The van der Waals surface area contributed by atoms with E-state index in [1.165, 1.54) is 18.6 Å². The van der Waals surface area contributed by atoms with Gasteiger partial charge in [0.2, 0.25) is 0 Å². The molecule has 0 aliphatic rings. The average molecular weight is 224 g/mol. The number of hydrogen-bond acceptors (Lipinski definition) is 1. The number of rotatable bonds is 5. The van der Waals surface area contributed by atoms with Crippen LogP contribution in [0.2, 0.25) is 0 Å². The van der Waals surface area contributed by atoms with Gasteiger partial charge in [0.15, 0.2) is 5.78 Å². The first-order chi connectivity index (χ1) is 8.29. The zero-order valence-electron chi connectivity index (χ0n) is 9.91. The number of hydrogen-bond donors (Lipinski definition) is 0. The second-order valence-corrected chi connectivity index (χ2v) is 3.51. The van der Waals surface area contributed by atoms with E-state index < -0.39 is 0 Å². The van der Waals surface area contributed by atoms with Crippen molar-refractivity contribution < 1.29 is 4.79 Å². The summed E-state index contributed by atoms with van der Waals surface area (Å²) >= 11 is 0. The van der Waals surface area contributed by atoms with Crippen molar-refractivity contribution in [3.8, 4) is 0 Å². The fourth-order valence-corrected chi connectivity index (χ4v) is 1.18. The van der Waals surface area contributed by atoms with Crippen molar-refractivity contribution in [2.75, 3.05) is 0 Å². The van der Waals surface area contributed by atoms with Crippen molar-refractivity contribution in [3.05, 3.63) is 78.4 Å². The van der Waals surface area contributed by atoms with Crippen molar-refractivity contribution in [2.45, 2.75) is 6.92 Å². The normalized spacial score (nSPS) is 12.3. The van der Waals surface area contributed by atoms with Gasteiger partial charge in [-0.25, -0.2) is 0 Å². The van der Waals surface area contributed by atoms with E-state index in [1.54, 1.807) is 6.08 Å². The lowest BCUT2D eigenvalue weighted by Gasteiger charge is -1.87. The first-order valence-electron chi connectivity index (χ1n) is 5.53. The van der Waals surface area contributed by atoms with Crippen LogP contribution in [0.1, 0.15) is 12.5 Å². The number of carbonyl (C=O) groups is 1. The van der Waals surface area contributed by atoms with Gasteiger partial charge < -0.3 is 0 Å². The van der Waals surface area contributed by atoms with Gasteiger partial charge in [-0.3, -0.25) is 4.79 Å². The Kier molecular flexibility index (Phi) is 6.12. The van der Waals surface area contributed by atoms with Crippen LogP contribution in [0.5, 0.6) is 0 Å². The molecule has 0 fully saturated rings. The lowest BCUT2D eigenvalue weighted by atomic mass is 10.2. The minimum atomic E-state index is 0.0580. The van der Waals surface area contributed by atoms with E-state index >= 15 is 0 Å². The maximum absolute atomic E-state index is 10.6. The first-order valence-corrected chi connectivity index (χ1v) is 5.53. The van der Waals surface area contributed by atoms with Gasteiger partial charge in [-0.1, -0.05) is 72.9 Å². The molecule has 17 heavy (non-hydrogen) atoms. The van der Waals surface area contributed by atoms with Crippen LogP contribution in [0.15, 0.2) is 72.9 Å². The third-order valence-electron chi connectivity index (χ3n) is 1.97. The minimum Gasteiger partial charge on any atom is -0.295 e. The smallest absolute Gasteiger partial charge is 0.152 e. The van der Waals surface area contributed by atoms with Crippen molar-refractivity contribution >= 4 is 11.9 Å². The second kappa shape index (κ2) is 8.05. The number of carbonyl (C=O) groups excluding carboxylic acids is 1. The SMILES string of the molecule is CC(=O)/C=C/C=C/C=C/C=C/c1ccccc1. The van der Waals surface area contributed by atoms with Gasteiger partial charge in [0, 0.05) is 0 Å². The Morgan fingerprint density at radius 2 is 1.47 bits per heavy atom.